The number of ether oxygens (including phenoxy) is 1. The zero-order valence-corrected chi connectivity index (χ0v) is 20.2. The Labute approximate surface area is 204 Å². The van der Waals surface area contributed by atoms with Gasteiger partial charge in [0.1, 0.15) is 5.69 Å². The molecule has 0 spiro atoms. The van der Waals surface area contributed by atoms with E-state index in [-0.39, 0.29) is 5.69 Å². The minimum Gasteiger partial charge on any atom is -0.464 e. The molecule has 0 N–H and O–H groups in total. The van der Waals surface area contributed by atoms with E-state index in [1.807, 2.05) is 24.3 Å². The third kappa shape index (κ3) is 5.25. The highest BCUT2D eigenvalue weighted by Gasteiger charge is 2.32. The number of halogens is 4. The zero-order chi connectivity index (χ0) is 24.3. The molecule has 0 radical (unpaired) electrons. The van der Waals surface area contributed by atoms with Crippen LogP contribution in [0.3, 0.4) is 0 Å². The topological polar surface area (TPSA) is 39.2 Å². The predicted octanol–water partition coefficient (Wildman–Crippen LogP) is 7.53. The van der Waals surface area contributed by atoms with Gasteiger partial charge in [-0.3, -0.25) is 0 Å². The van der Waals surface area contributed by atoms with Crippen molar-refractivity contribution in [3.05, 3.63) is 98.8 Å². The van der Waals surface area contributed by atoms with Gasteiger partial charge in [0.15, 0.2) is 0 Å². The number of methoxy groups -OCH3 is 1. The monoisotopic (exact) mass is 529 g/mol. The van der Waals surface area contributed by atoms with Gasteiger partial charge in [-0.05, 0) is 90.3 Å². The number of hydrogen-bond donors (Lipinski definition) is 0. The Hall–Kier alpha value is -2.93. The summed E-state index contributed by atoms with van der Waals surface area (Å²) in [7, 11) is 1.29. The summed E-state index contributed by atoms with van der Waals surface area (Å²) in [4.78, 5) is 16.4. The van der Waals surface area contributed by atoms with Crippen molar-refractivity contribution in [3.63, 3.8) is 0 Å². The van der Waals surface area contributed by atoms with Crippen molar-refractivity contribution in [1.82, 2.24) is 4.98 Å². The SMILES string of the molecule is COC(=O)c1cccc(C2=C(c3cc(C(F)(F)F)ccc3CCc3ccccc3Br)CCC2)n1. The number of aryl methyl sites for hydroxylation is 2. The number of carbonyl (C=O) groups excluding carboxylic acids is 1. The van der Waals surface area contributed by atoms with Crippen LogP contribution in [0.25, 0.3) is 11.1 Å². The Balaban J connectivity index is 1.79. The molecule has 3 aromatic rings. The van der Waals surface area contributed by atoms with Crippen LogP contribution in [0.15, 0.2) is 65.1 Å². The van der Waals surface area contributed by atoms with Gasteiger partial charge >= 0.3 is 12.1 Å². The first kappa shape index (κ1) is 24.2. The van der Waals surface area contributed by atoms with Gasteiger partial charge < -0.3 is 4.74 Å². The number of pyridine rings is 1. The van der Waals surface area contributed by atoms with E-state index in [9.17, 15) is 18.0 Å². The zero-order valence-electron chi connectivity index (χ0n) is 18.6. The molecule has 1 heterocycles. The van der Waals surface area contributed by atoms with Gasteiger partial charge in [-0.25, -0.2) is 9.78 Å². The summed E-state index contributed by atoms with van der Waals surface area (Å²) in [5, 5.41) is 0. The molecule has 0 saturated heterocycles. The fourth-order valence-corrected chi connectivity index (χ4v) is 4.85. The molecule has 0 fully saturated rings. The molecular weight excluding hydrogens is 507 g/mol. The number of carbonyl (C=O) groups is 1. The van der Waals surface area contributed by atoms with Gasteiger partial charge in [-0.1, -0.05) is 46.3 Å². The molecule has 1 aliphatic carbocycles. The summed E-state index contributed by atoms with van der Waals surface area (Å²) in [5.41, 5.74) is 4.43. The van der Waals surface area contributed by atoms with Crippen LogP contribution in [-0.2, 0) is 23.8 Å². The summed E-state index contributed by atoms with van der Waals surface area (Å²) in [6.07, 6.45) is -0.983. The van der Waals surface area contributed by atoms with Crippen LogP contribution >= 0.6 is 15.9 Å². The number of allylic oxidation sites excluding steroid dienone is 2. The van der Waals surface area contributed by atoms with Gasteiger partial charge in [-0.15, -0.1) is 0 Å². The second-order valence-electron chi connectivity index (χ2n) is 8.17. The molecular formula is C27H23BrF3NO2. The minimum absolute atomic E-state index is 0.178. The lowest BCUT2D eigenvalue weighted by atomic mass is 9.90. The van der Waals surface area contributed by atoms with Crippen LogP contribution in [0.5, 0.6) is 0 Å². The molecule has 0 bridgehead atoms. The highest BCUT2D eigenvalue weighted by Crippen LogP contribution is 2.42. The van der Waals surface area contributed by atoms with Crippen LogP contribution in [0.1, 0.15) is 57.7 Å². The molecule has 0 amide bonds. The molecule has 7 heteroatoms. The van der Waals surface area contributed by atoms with Crippen LogP contribution in [0.2, 0.25) is 0 Å². The quantitative estimate of drug-likeness (QED) is 0.310. The second-order valence-corrected chi connectivity index (χ2v) is 9.03. The fourth-order valence-electron chi connectivity index (χ4n) is 4.37. The molecule has 0 unspecified atom stereocenters. The summed E-state index contributed by atoms with van der Waals surface area (Å²) in [5.74, 6) is -0.546. The molecule has 2 aromatic carbocycles. The number of rotatable bonds is 6. The van der Waals surface area contributed by atoms with Gasteiger partial charge in [0.2, 0.25) is 0 Å². The van der Waals surface area contributed by atoms with Crippen molar-refractivity contribution < 1.29 is 22.7 Å². The van der Waals surface area contributed by atoms with Crippen molar-refractivity contribution in [3.8, 4) is 0 Å². The molecule has 176 valence electrons. The Morgan fingerprint density at radius 1 is 0.971 bits per heavy atom. The first-order chi connectivity index (χ1) is 16.3. The summed E-state index contributed by atoms with van der Waals surface area (Å²) in [6.45, 7) is 0. The predicted molar refractivity (Wildman–Crippen MR) is 129 cm³/mol. The Bertz CT molecular complexity index is 1250. The normalized spacial score (nSPS) is 13.9. The third-order valence-electron chi connectivity index (χ3n) is 6.05. The smallest absolute Gasteiger partial charge is 0.416 e. The average molecular weight is 530 g/mol. The molecule has 34 heavy (non-hydrogen) atoms. The summed E-state index contributed by atoms with van der Waals surface area (Å²) < 4.78 is 46.6. The third-order valence-corrected chi connectivity index (χ3v) is 6.83. The lowest BCUT2D eigenvalue weighted by Gasteiger charge is -2.17. The first-order valence-corrected chi connectivity index (χ1v) is 11.8. The largest absolute Gasteiger partial charge is 0.464 e. The van der Waals surface area contributed by atoms with Gasteiger partial charge in [0.05, 0.1) is 18.4 Å². The van der Waals surface area contributed by atoms with Crippen LogP contribution in [0.4, 0.5) is 13.2 Å². The highest BCUT2D eigenvalue weighted by molar-refractivity contribution is 9.10. The lowest BCUT2D eigenvalue weighted by molar-refractivity contribution is -0.137. The Morgan fingerprint density at radius 2 is 1.71 bits per heavy atom. The second kappa shape index (κ2) is 10.1. The number of nitrogens with zero attached hydrogens (tertiary/aromatic N) is 1. The van der Waals surface area contributed by atoms with Gasteiger partial charge in [0.25, 0.3) is 0 Å². The molecule has 1 aromatic heterocycles. The first-order valence-electron chi connectivity index (χ1n) is 11.0. The number of benzene rings is 2. The Kier molecular flexibility index (Phi) is 7.22. The van der Waals surface area contributed by atoms with E-state index in [4.69, 9.17) is 4.74 Å². The molecule has 0 aliphatic heterocycles. The molecule has 0 atom stereocenters. The minimum atomic E-state index is -4.43. The number of hydrogen-bond acceptors (Lipinski definition) is 3. The molecule has 4 rings (SSSR count). The standard InChI is InChI=1S/C27H23BrF3NO2/c1-34-26(33)25-11-5-10-24(32-25)21-8-4-7-20(21)22-16-19(27(29,30)31)15-14-17(22)12-13-18-6-2-3-9-23(18)28/h2-3,5-6,9-11,14-16H,4,7-8,12-13H2,1H3. The highest BCUT2D eigenvalue weighted by atomic mass is 79.9. The van der Waals surface area contributed by atoms with E-state index in [2.05, 4.69) is 20.9 Å². The number of aromatic nitrogens is 1. The maximum absolute atomic E-state index is 13.6. The summed E-state index contributed by atoms with van der Waals surface area (Å²) >= 11 is 3.55. The average Bonchev–Trinajstić information content (AvgIpc) is 3.32. The van der Waals surface area contributed by atoms with E-state index in [0.717, 1.165) is 39.2 Å². The van der Waals surface area contributed by atoms with Crippen molar-refractivity contribution in [2.45, 2.75) is 38.3 Å². The van der Waals surface area contributed by atoms with Gasteiger partial charge in [-0.2, -0.15) is 13.2 Å². The van der Waals surface area contributed by atoms with E-state index >= 15 is 0 Å². The van der Waals surface area contributed by atoms with Crippen LogP contribution in [-0.4, -0.2) is 18.1 Å². The van der Waals surface area contributed by atoms with E-state index in [1.165, 1.54) is 13.2 Å². The molecule has 3 nitrogen and oxygen atoms in total. The fraction of sp³-hybridized carbons (Fsp3) is 0.259. The maximum atomic E-state index is 13.6. The summed E-state index contributed by atoms with van der Waals surface area (Å²) in [6, 6.07) is 16.9. The maximum Gasteiger partial charge on any atom is 0.416 e. The van der Waals surface area contributed by atoms with Crippen molar-refractivity contribution in [2.24, 2.45) is 0 Å². The molecule has 1 aliphatic rings. The van der Waals surface area contributed by atoms with Crippen LogP contribution < -0.4 is 0 Å². The van der Waals surface area contributed by atoms with E-state index < -0.39 is 17.7 Å². The lowest BCUT2D eigenvalue weighted by Crippen LogP contribution is -2.08. The van der Waals surface area contributed by atoms with Gasteiger partial charge in [0, 0.05) is 4.47 Å². The van der Waals surface area contributed by atoms with Crippen molar-refractivity contribution in [2.75, 3.05) is 7.11 Å². The number of esters is 1. The van der Waals surface area contributed by atoms with E-state index in [1.54, 1.807) is 24.3 Å². The Morgan fingerprint density at radius 3 is 2.44 bits per heavy atom. The van der Waals surface area contributed by atoms with Crippen LogP contribution in [0, 0.1) is 0 Å². The van der Waals surface area contributed by atoms with E-state index in [0.29, 0.717) is 36.9 Å². The number of alkyl halides is 3. The van der Waals surface area contributed by atoms with Crippen molar-refractivity contribution >= 4 is 33.0 Å². The van der Waals surface area contributed by atoms with Crippen molar-refractivity contribution in [1.29, 1.82) is 0 Å². The molecule has 0 saturated carbocycles.